The van der Waals surface area contributed by atoms with Crippen molar-refractivity contribution in [2.75, 3.05) is 5.73 Å². The van der Waals surface area contributed by atoms with Crippen LogP contribution in [0, 0.1) is 0 Å². The molecule has 0 unspecified atom stereocenters. The number of anilines is 1. The summed E-state index contributed by atoms with van der Waals surface area (Å²) in [7, 11) is 0. The number of hydrogen-bond donors (Lipinski definition) is 1. The van der Waals surface area contributed by atoms with Gasteiger partial charge in [0.1, 0.15) is 0 Å². The van der Waals surface area contributed by atoms with Crippen LogP contribution < -0.4 is 5.73 Å². The Balaban J connectivity index is 2.55. The van der Waals surface area contributed by atoms with Gasteiger partial charge in [-0.1, -0.05) is 34.1 Å². The molecule has 0 aliphatic rings. The third kappa shape index (κ3) is 2.85. The highest BCUT2D eigenvalue weighted by molar-refractivity contribution is 9.10. The Labute approximate surface area is 121 Å². The predicted octanol–water partition coefficient (Wildman–Crippen LogP) is 4.28. The number of nitrogens with two attached hydrogens (primary N) is 1. The fourth-order valence-electron chi connectivity index (χ4n) is 1.81. The standard InChI is InChI=1S/C14H9BrF3NO/c15-8-5-6-10(12(19)7-8)13(20)9-3-1-2-4-11(9)14(16,17)18/h1-7H,19H2. The summed E-state index contributed by atoms with van der Waals surface area (Å²) < 4.78 is 39.3. The average molecular weight is 344 g/mol. The Morgan fingerprint density at radius 3 is 2.30 bits per heavy atom. The van der Waals surface area contributed by atoms with Gasteiger partial charge in [-0.05, 0) is 24.3 Å². The van der Waals surface area contributed by atoms with Gasteiger partial charge in [0, 0.05) is 21.3 Å². The molecule has 0 aromatic heterocycles. The molecule has 2 aromatic carbocycles. The number of carbonyl (C=O) groups excluding carboxylic acids is 1. The highest BCUT2D eigenvalue weighted by atomic mass is 79.9. The lowest BCUT2D eigenvalue weighted by atomic mass is 9.97. The van der Waals surface area contributed by atoms with E-state index in [9.17, 15) is 18.0 Å². The van der Waals surface area contributed by atoms with Crippen molar-refractivity contribution in [2.24, 2.45) is 0 Å². The van der Waals surface area contributed by atoms with Gasteiger partial charge in [0.05, 0.1) is 5.56 Å². The molecule has 20 heavy (non-hydrogen) atoms. The Morgan fingerprint density at radius 2 is 1.70 bits per heavy atom. The van der Waals surface area contributed by atoms with Gasteiger partial charge in [-0.15, -0.1) is 0 Å². The summed E-state index contributed by atoms with van der Waals surface area (Å²) >= 11 is 3.18. The maximum atomic E-state index is 12.9. The SMILES string of the molecule is Nc1cc(Br)ccc1C(=O)c1ccccc1C(F)(F)F. The largest absolute Gasteiger partial charge is 0.417 e. The molecule has 0 atom stereocenters. The molecule has 2 nitrogen and oxygen atoms in total. The van der Waals surface area contributed by atoms with Crippen molar-refractivity contribution < 1.29 is 18.0 Å². The van der Waals surface area contributed by atoms with Gasteiger partial charge >= 0.3 is 6.18 Å². The molecule has 0 aliphatic heterocycles. The number of halogens is 4. The summed E-state index contributed by atoms with van der Waals surface area (Å²) in [4.78, 5) is 12.3. The Morgan fingerprint density at radius 1 is 1.05 bits per heavy atom. The third-order valence-electron chi connectivity index (χ3n) is 2.74. The van der Waals surface area contributed by atoms with Crippen molar-refractivity contribution in [3.05, 3.63) is 63.6 Å². The lowest BCUT2D eigenvalue weighted by Gasteiger charge is -2.12. The first-order chi connectivity index (χ1) is 9.30. The zero-order valence-electron chi connectivity index (χ0n) is 10.0. The summed E-state index contributed by atoms with van der Waals surface area (Å²) in [5.74, 6) is -0.747. The second-order valence-electron chi connectivity index (χ2n) is 4.10. The van der Waals surface area contributed by atoms with Gasteiger partial charge < -0.3 is 5.73 Å². The molecule has 6 heteroatoms. The molecular weight excluding hydrogens is 335 g/mol. The summed E-state index contributed by atoms with van der Waals surface area (Å²) in [6.45, 7) is 0. The zero-order valence-corrected chi connectivity index (χ0v) is 11.6. The van der Waals surface area contributed by atoms with Gasteiger partial charge in [-0.3, -0.25) is 4.79 Å². The molecule has 0 saturated heterocycles. The number of alkyl halides is 3. The van der Waals surface area contributed by atoms with E-state index in [1.165, 1.54) is 24.3 Å². The van der Waals surface area contributed by atoms with E-state index < -0.39 is 23.1 Å². The van der Waals surface area contributed by atoms with E-state index in [4.69, 9.17) is 5.73 Å². The number of hydrogen-bond acceptors (Lipinski definition) is 2. The van der Waals surface area contributed by atoms with Crippen LogP contribution in [0.15, 0.2) is 46.9 Å². The van der Waals surface area contributed by atoms with Crippen LogP contribution in [0.3, 0.4) is 0 Å². The van der Waals surface area contributed by atoms with Crippen molar-refractivity contribution in [1.29, 1.82) is 0 Å². The molecule has 0 fully saturated rings. The monoisotopic (exact) mass is 343 g/mol. The van der Waals surface area contributed by atoms with E-state index in [1.807, 2.05) is 0 Å². The fourth-order valence-corrected chi connectivity index (χ4v) is 2.19. The van der Waals surface area contributed by atoms with E-state index in [0.29, 0.717) is 4.47 Å². The van der Waals surface area contributed by atoms with Gasteiger partial charge in [-0.2, -0.15) is 13.2 Å². The van der Waals surface area contributed by atoms with Crippen LogP contribution in [0.2, 0.25) is 0 Å². The van der Waals surface area contributed by atoms with Crippen molar-refractivity contribution in [3.8, 4) is 0 Å². The summed E-state index contributed by atoms with van der Waals surface area (Å²) in [5, 5.41) is 0. The van der Waals surface area contributed by atoms with E-state index in [-0.39, 0.29) is 11.3 Å². The van der Waals surface area contributed by atoms with Crippen LogP contribution in [-0.2, 0) is 6.18 Å². The maximum Gasteiger partial charge on any atom is 0.417 e. The highest BCUT2D eigenvalue weighted by Crippen LogP contribution is 2.33. The quantitative estimate of drug-likeness (QED) is 0.653. The predicted molar refractivity (Wildman–Crippen MR) is 73.4 cm³/mol. The van der Waals surface area contributed by atoms with Crippen LogP contribution in [0.4, 0.5) is 18.9 Å². The van der Waals surface area contributed by atoms with Crippen LogP contribution >= 0.6 is 15.9 Å². The number of ketones is 1. The molecule has 0 heterocycles. The first-order valence-electron chi connectivity index (χ1n) is 5.56. The molecular formula is C14H9BrF3NO. The van der Waals surface area contributed by atoms with Crippen molar-refractivity contribution in [1.82, 2.24) is 0 Å². The first kappa shape index (κ1) is 14.6. The Hall–Kier alpha value is -1.82. The van der Waals surface area contributed by atoms with E-state index >= 15 is 0 Å². The number of carbonyl (C=O) groups is 1. The molecule has 0 saturated carbocycles. The lowest BCUT2D eigenvalue weighted by molar-refractivity contribution is -0.137. The zero-order chi connectivity index (χ0) is 14.9. The highest BCUT2D eigenvalue weighted by Gasteiger charge is 2.35. The Kier molecular flexibility index (Phi) is 3.85. The number of rotatable bonds is 2. The second kappa shape index (κ2) is 5.28. The van der Waals surface area contributed by atoms with Crippen LogP contribution in [0.5, 0.6) is 0 Å². The van der Waals surface area contributed by atoms with E-state index in [0.717, 1.165) is 12.1 Å². The topological polar surface area (TPSA) is 43.1 Å². The molecule has 104 valence electrons. The van der Waals surface area contributed by atoms with Gasteiger partial charge in [0.2, 0.25) is 0 Å². The molecule has 0 amide bonds. The molecule has 2 rings (SSSR count). The number of benzene rings is 2. The Bertz CT molecular complexity index is 668. The smallest absolute Gasteiger partial charge is 0.398 e. The minimum absolute atomic E-state index is 0.0462. The van der Waals surface area contributed by atoms with Crippen molar-refractivity contribution in [2.45, 2.75) is 6.18 Å². The molecule has 0 radical (unpaired) electrons. The third-order valence-corrected chi connectivity index (χ3v) is 3.23. The minimum atomic E-state index is -4.59. The maximum absolute atomic E-state index is 12.9. The normalized spacial score (nSPS) is 11.4. The van der Waals surface area contributed by atoms with E-state index in [1.54, 1.807) is 6.07 Å². The van der Waals surface area contributed by atoms with Gasteiger partial charge in [-0.25, -0.2) is 0 Å². The van der Waals surface area contributed by atoms with Crippen LogP contribution in [0.1, 0.15) is 21.5 Å². The number of nitrogen functional groups attached to an aromatic ring is 1. The van der Waals surface area contributed by atoms with Gasteiger partial charge in [0.15, 0.2) is 5.78 Å². The van der Waals surface area contributed by atoms with Crippen LogP contribution in [0.25, 0.3) is 0 Å². The summed E-state index contributed by atoms with van der Waals surface area (Å²) in [6, 6.07) is 9.08. The minimum Gasteiger partial charge on any atom is -0.398 e. The average Bonchev–Trinajstić information content (AvgIpc) is 2.37. The van der Waals surface area contributed by atoms with E-state index in [2.05, 4.69) is 15.9 Å². The first-order valence-corrected chi connectivity index (χ1v) is 6.36. The summed E-state index contributed by atoms with van der Waals surface area (Å²) in [5.41, 5.74) is 4.49. The van der Waals surface area contributed by atoms with Crippen molar-refractivity contribution >= 4 is 27.4 Å². The summed E-state index contributed by atoms with van der Waals surface area (Å²) in [6.07, 6.45) is -4.59. The molecule has 0 bridgehead atoms. The molecule has 0 spiro atoms. The lowest BCUT2D eigenvalue weighted by Crippen LogP contribution is -2.14. The molecule has 2 aromatic rings. The fraction of sp³-hybridized carbons (Fsp3) is 0.0714. The molecule has 0 aliphatic carbocycles. The van der Waals surface area contributed by atoms with Crippen LogP contribution in [-0.4, -0.2) is 5.78 Å². The van der Waals surface area contributed by atoms with Crippen molar-refractivity contribution in [3.63, 3.8) is 0 Å². The molecule has 2 N–H and O–H groups in total. The second-order valence-corrected chi connectivity index (χ2v) is 5.02. The van der Waals surface area contributed by atoms with Gasteiger partial charge in [0.25, 0.3) is 0 Å².